The Kier molecular flexibility index (Phi) is 7.07. The summed E-state index contributed by atoms with van der Waals surface area (Å²) in [5.41, 5.74) is -0.261. The van der Waals surface area contributed by atoms with Crippen molar-refractivity contribution in [2.24, 2.45) is 0 Å². The van der Waals surface area contributed by atoms with Gasteiger partial charge < -0.3 is 10.2 Å². The molecule has 1 aromatic carbocycles. The van der Waals surface area contributed by atoms with Gasteiger partial charge in [-0.05, 0) is 18.9 Å². The average Bonchev–Trinajstić information content (AvgIpc) is 2.70. The lowest BCUT2D eigenvalue weighted by Crippen LogP contribution is -2.54. The predicted octanol–water partition coefficient (Wildman–Crippen LogP) is 2.72. The third-order valence-corrected chi connectivity index (χ3v) is 7.52. The van der Waals surface area contributed by atoms with E-state index in [1.165, 1.54) is 41.8 Å². The van der Waals surface area contributed by atoms with Crippen molar-refractivity contribution in [3.8, 4) is 0 Å². The standard InChI is InChI=1S/C19H28N4O5S/c24-19(20-16-7-4-2-1-3-5-8-16)21-11-13-22(14-12-21)29(27,28)18-10-6-9-17(15-18)23(25)26/h6,9-10,15-16H,1-5,7-8,11-14H2,(H,20,24). The first-order chi connectivity index (χ1) is 13.9. The van der Waals surface area contributed by atoms with Crippen LogP contribution in [0.2, 0.25) is 0 Å². The lowest BCUT2D eigenvalue weighted by Gasteiger charge is -2.35. The number of urea groups is 1. The normalized spacial score (nSPS) is 19.9. The topological polar surface area (TPSA) is 113 Å². The van der Waals surface area contributed by atoms with Gasteiger partial charge in [0.2, 0.25) is 10.0 Å². The smallest absolute Gasteiger partial charge is 0.317 e. The molecule has 1 aliphatic carbocycles. The first-order valence-electron chi connectivity index (χ1n) is 10.2. The van der Waals surface area contributed by atoms with Gasteiger partial charge in [0.25, 0.3) is 5.69 Å². The minimum atomic E-state index is -3.83. The second kappa shape index (κ2) is 9.53. The molecule has 2 amide bonds. The fourth-order valence-corrected chi connectivity index (χ4v) is 5.37. The van der Waals surface area contributed by atoms with Crippen molar-refractivity contribution in [2.45, 2.75) is 55.9 Å². The van der Waals surface area contributed by atoms with E-state index in [9.17, 15) is 23.3 Å². The zero-order valence-electron chi connectivity index (χ0n) is 16.5. The molecule has 0 radical (unpaired) electrons. The summed E-state index contributed by atoms with van der Waals surface area (Å²) in [4.78, 5) is 24.4. The second-order valence-corrected chi connectivity index (χ2v) is 9.58. The van der Waals surface area contributed by atoms with Crippen LogP contribution < -0.4 is 5.32 Å². The zero-order chi connectivity index (χ0) is 20.9. The number of non-ortho nitro benzene ring substituents is 1. The third-order valence-electron chi connectivity index (χ3n) is 5.62. The van der Waals surface area contributed by atoms with Crippen molar-refractivity contribution >= 4 is 21.7 Å². The molecule has 160 valence electrons. The molecule has 0 aromatic heterocycles. The number of hydrogen-bond donors (Lipinski definition) is 1. The van der Waals surface area contributed by atoms with Crippen molar-refractivity contribution in [3.63, 3.8) is 0 Å². The summed E-state index contributed by atoms with van der Waals surface area (Å²) in [6.07, 6.45) is 7.92. The first-order valence-corrected chi connectivity index (χ1v) is 11.6. The number of nitrogens with zero attached hydrogens (tertiary/aromatic N) is 3. The number of piperazine rings is 1. The SMILES string of the molecule is O=C(NC1CCCCCCC1)N1CCN(S(=O)(=O)c2cccc([N+](=O)[O-])c2)CC1. The monoisotopic (exact) mass is 424 g/mol. The Morgan fingerprint density at radius 2 is 1.66 bits per heavy atom. The van der Waals surface area contributed by atoms with E-state index in [0.29, 0.717) is 13.1 Å². The lowest BCUT2D eigenvalue weighted by atomic mass is 9.97. The molecular weight excluding hydrogens is 396 g/mol. The van der Waals surface area contributed by atoms with E-state index in [-0.39, 0.29) is 35.7 Å². The Labute approximate surface area is 171 Å². The molecule has 0 spiro atoms. The van der Waals surface area contributed by atoms with E-state index >= 15 is 0 Å². The van der Waals surface area contributed by atoms with Gasteiger partial charge in [0.05, 0.1) is 9.82 Å². The Bertz CT molecular complexity index is 829. The number of nitrogens with one attached hydrogen (secondary N) is 1. The number of nitro benzene ring substituents is 1. The highest BCUT2D eigenvalue weighted by Gasteiger charge is 2.31. The van der Waals surface area contributed by atoms with E-state index in [1.807, 2.05) is 0 Å². The van der Waals surface area contributed by atoms with Gasteiger partial charge in [0, 0.05) is 44.4 Å². The van der Waals surface area contributed by atoms with Gasteiger partial charge >= 0.3 is 6.03 Å². The van der Waals surface area contributed by atoms with Crippen LogP contribution >= 0.6 is 0 Å². The summed E-state index contributed by atoms with van der Waals surface area (Å²) in [6.45, 7) is 0.936. The van der Waals surface area contributed by atoms with E-state index in [1.54, 1.807) is 4.90 Å². The molecule has 3 rings (SSSR count). The number of rotatable bonds is 4. The Balaban J connectivity index is 1.57. The van der Waals surface area contributed by atoms with Crippen LogP contribution in [0.4, 0.5) is 10.5 Å². The predicted molar refractivity (Wildman–Crippen MR) is 108 cm³/mol. The van der Waals surface area contributed by atoms with Gasteiger partial charge in [-0.1, -0.05) is 38.2 Å². The number of nitro groups is 1. The van der Waals surface area contributed by atoms with E-state index < -0.39 is 14.9 Å². The maximum Gasteiger partial charge on any atom is 0.317 e. The van der Waals surface area contributed by atoms with Crippen LogP contribution in [0.25, 0.3) is 0 Å². The van der Waals surface area contributed by atoms with Gasteiger partial charge in [0.1, 0.15) is 0 Å². The third kappa shape index (κ3) is 5.45. The molecule has 10 heteroatoms. The highest BCUT2D eigenvalue weighted by Crippen LogP contribution is 2.22. The lowest BCUT2D eigenvalue weighted by molar-refractivity contribution is -0.385. The largest absolute Gasteiger partial charge is 0.335 e. The Morgan fingerprint density at radius 1 is 1.03 bits per heavy atom. The van der Waals surface area contributed by atoms with Crippen molar-refractivity contribution in [1.29, 1.82) is 0 Å². The van der Waals surface area contributed by atoms with Crippen molar-refractivity contribution < 1.29 is 18.1 Å². The summed E-state index contributed by atoms with van der Waals surface area (Å²) >= 11 is 0. The van der Waals surface area contributed by atoms with Gasteiger partial charge in [0.15, 0.2) is 0 Å². The van der Waals surface area contributed by atoms with Crippen LogP contribution in [-0.4, -0.2) is 60.8 Å². The molecule has 1 aromatic rings. The summed E-state index contributed by atoms with van der Waals surface area (Å²) < 4.78 is 26.9. The Morgan fingerprint density at radius 3 is 2.28 bits per heavy atom. The van der Waals surface area contributed by atoms with Crippen molar-refractivity contribution in [3.05, 3.63) is 34.4 Å². The zero-order valence-corrected chi connectivity index (χ0v) is 17.3. The fraction of sp³-hybridized carbons (Fsp3) is 0.632. The van der Waals surface area contributed by atoms with Crippen LogP contribution in [0.5, 0.6) is 0 Å². The van der Waals surface area contributed by atoms with Crippen molar-refractivity contribution in [2.75, 3.05) is 26.2 Å². The number of carbonyl (C=O) groups excluding carboxylic acids is 1. The average molecular weight is 425 g/mol. The van der Waals surface area contributed by atoms with Crippen LogP contribution in [-0.2, 0) is 10.0 Å². The van der Waals surface area contributed by atoms with Crippen molar-refractivity contribution in [1.82, 2.24) is 14.5 Å². The molecule has 1 saturated heterocycles. The van der Waals surface area contributed by atoms with E-state index in [2.05, 4.69) is 5.32 Å². The molecule has 2 aliphatic rings. The summed E-state index contributed by atoms with van der Waals surface area (Å²) in [5.74, 6) is 0. The van der Waals surface area contributed by atoms with E-state index in [4.69, 9.17) is 0 Å². The fourth-order valence-electron chi connectivity index (χ4n) is 3.90. The van der Waals surface area contributed by atoms with Gasteiger partial charge in [-0.2, -0.15) is 4.31 Å². The minimum absolute atomic E-state index is 0.0980. The summed E-state index contributed by atoms with van der Waals surface area (Å²) in [6, 6.07) is 5.11. The molecule has 0 unspecified atom stereocenters. The maximum absolute atomic E-state index is 12.8. The van der Waals surface area contributed by atoms with Crippen LogP contribution in [0.15, 0.2) is 29.2 Å². The molecule has 1 aliphatic heterocycles. The van der Waals surface area contributed by atoms with Gasteiger partial charge in [-0.15, -0.1) is 0 Å². The van der Waals surface area contributed by atoms with Gasteiger partial charge in [-0.25, -0.2) is 13.2 Å². The summed E-state index contributed by atoms with van der Waals surface area (Å²) in [7, 11) is -3.83. The molecule has 29 heavy (non-hydrogen) atoms. The number of carbonyl (C=O) groups is 1. The molecular formula is C19H28N4O5S. The number of benzene rings is 1. The molecule has 9 nitrogen and oxygen atoms in total. The number of amides is 2. The first kappa shape index (κ1) is 21.5. The van der Waals surface area contributed by atoms with E-state index in [0.717, 1.165) is 31.7 Å². The minimum Gasteiger partial charge on any atom is -0.335 e. The molecule has 0 atom stereocenters. The second-order valence-electron chi connectivity index (χ2n) is 7.64. The highest BCUT2D eigenvalue weighted by atomic mass is 32.2. The Hall–Kier alpha value is -2.20. The van der Waals surface area contributed by atoms with Gasteiger partial charge in [-0.3, -0.25) is 10.1 Å². The van der Waals surface area contributed by atoms with Crippen LogP contribution in [0, 0.1) is 10.1 Å². The highest BCUT2D eigenvalue weighted by molar-refractivity contribution is 7.89. The number of sulfonamides is 1. The molecule has 0 bridgehead atoms. The molecule has 1 N–H and O–H groups in total. The summed E-state index contributed by atoms with van der Waals surface area (Å²) in [5, 5.41) is 14.0. The molecule has 2 fully saturated rings. The maximum atomic E-state index is 12.8. The number of hydrogen-bond acceptors (Lipinski definition) is 5. The quantitative estimate of drug-likeness (QED) is 0.590. The van der Waals surface area contributed by atoms with Crippen LogP contribution in [0.3, 0.4) is 0 Å². The molecule has 1 saturated carbocycles. The molecule has 1 heterocycles. The van der Waals surface area contributed by atoms with Crippen LogP contribution in [0.1, 0.15) is 44.9 Å².